The van der Waals surface area contributed by atoms with E-state index < -0.39 is 11.8 Å². The minimum atomic E-state index is -0.780. The van der Waals surface area contributed by atoms with Crippen molar-refractivity contribution in [1.29, 1.82) is 5.26 Å². The van der Waals surface area contributed by atoms with Gasteiger partial charge in [0.25, 0.3) is 0 Å². The van der Waals surface area contributed by atoms with E-state index in [1.54, 1.807) is 36.5 Å². The molecule has 7 nitrogen and oxygen atoms in total. The van der Waals surface area contributed by atoms with Crippen LogP contribution in [0, 0.1) is 11.3 Å². The van der Waals surface area contributed by atoms with Crippen molar-refractivity contribution in [2.75, 3.05) is 23.7 Å². The van der Waals surface area contributed by atoms with Gasteiger partial charge in [0.2, 0.25) is 0 Å². The summed E-state index contributed by atoms with van der Waals surface area (Å²) in [4.78, 5) is 27.5. The maximum atomic E-state index is 11.7. The summed E-state index contributed by atoms with van der Waals surface area (Å²) in [6.45, 7) is 0.723. The van der Waals surface area contributed by atoms with Crippen molar-refractivity contribution in [3.63, 3.8) is 0 Å². The number of nitrogens with zero attached hydrogens (tertiary/aromatic N) is 2. The third-order valence-electron chi connectivity index (χ3n) is 2.84. The molecule has 23 heavy (non-hydrogen) atoms. The first kappa shape index (κ1) is 16.0. The van der Waals surface area contributed by atoms with E-state index in [9.17, 15) is 9.59 Å². The number of aromatic nitrogens is 1. The van der Waals surface area contributed by atoms with Gasteiger partial charge in [-0.05, 0) is 30.3 Å². The molecule has 0 aliphatic carbocycles. The molecule has 0 saturated heterocycles. The number of rotatable bonds is 5. The van der Waals surface area contributed by atoms with Gasteiger partial charge in [-0.2, -0.15) is 5.26 Å². The van der Waals surface area contributed by atoms with Gasteiger partial charge in [0.1, 0.15) is 5.82 Å². The molecule has 0 unspecified atom stereocenters. The van der Waals surface area contributed by atoms with Crippen LogP contribution in [-0.4, -0.2) is 29.9 Å². The maximum absolute atomic E-state index is 11.7. The summed E-state index contributed by atoms with van der Waals surface area (Å²) in [7, 11) is 0. The number of amides is 2. The van der Waals surface area contributed by atoms with Gasteiger partial charge in [0.05, 0.1) is 11.6 Å². The molecule has 3 N–H and O–H groups in total. The standard InChI is InChI=1S/C16H15N5O2/c17-11-12-4-3-5-13(10-12)21-16(23)15(22)20-9-8-19-14-6-1-2-7-18-14/h1-7,10H,8-9H2,(H,18,19)(H,20,22)(H,21,23). The van der Waals surface area contributed by atoms with Gasteiger partial charge in [-0.15, -0.1) is 0 Å². The predicted molar refractivity (Wildman–Crippen MR) is 85.5 cm³/mol. The third-order valence-corrected chi connectivity index (χ3v) is 2.84. The smallest absolute Gasteiger partial charge is 0.313 e. The van der Waals surface area contributed by atoms with Crippen LogP contribution in [0.5, 0.6) is 0 Å². The monoisotopic (exact) mass is 309 g/mol. The van der Waals surface area contributed by atoms with Crippen molar-refractivity contribution in [2.45, 2.75) is 0 Å². The summed E-state index contributed by atoms with van der Waals surface area (Å²) >= 11 is 0. The summed E-state index contributed by atoms with van der Waals surface area (Å²) in [5, 5.41) is 16.7. The molecule has 0 aliphatic rings. The molecule has 2 amide bonds. The molecule has 0 radical (unpaired) electrons. The Hall–Kier alpha value is -3.40. The molecule has 0 bridgehead atoms. The van der Waals surface area contributed by atoms with E-state index >= 15 is 0 Å². The molecule has 0 fully saturated rings. The van der Waals surface area contributed by atoms with Crippen LogP contribution in [0.1, 0.15) is 5.56 Å². The van der Waals surface area contributed by atoms with E-state index in [2.05, 4.69) is 20.9 Å². The van der Waals surface area contributed by atoms with E-state index in [1.165, 1.54) is 6.07 Å². The minimum absolute atomic E-state index is 0.279. The molecule has 0 saturated carbocycles. The Bertz CT molecular complexity index is 725. The first-order valence-electron chi connectivity index (χ1n) is 6.93. The van der Waals surface area contributed by atoms with E-state index in [0.717, 1.165) is 0 Å². The number of hydrogen-bond donors (Lipinski definition) is 3. The average molecular weight is 309 g/mol. The summed E-state index contributed by atoms with van der Waals surface area (Å²) < 4.78 is 0. The molecule has 0 spiro atoms. The van der Waals surface area contributed by atoms with Gasteiger partial charge in [-0.3, -0.25) is 9.59 Å². The predicted octanol–water partition coefficient (Wildman–Crippen LogP) is 1.12. The molecule has 2 rings (SSSR count). The topological polar surface area (TPSA) is 107 Å². The number of benzene rings is 1. The van der Waals surface area contributed by atoms with Crippen molar-refractivity contribution in [3.05, 3.63) is 54.2 Å². The second-order valence-electron chi connectivity index (χ2n) is 4.54. The molecule has 116 valence electrons. The highest BCUT2D eigenvalue weighted by molar-refractivity contribution is 6.39. The molecule has 7 heteroatoms. The normalized spacial score (nSPS) is 9.52. The zero-order chi connectivity index (χ0) is 16.5. The Labute approximate surface area is 133 Å². The highest BCUT2D eigenvalue weighted by Crippen LogP contribution is 2.09. The molecular formula is C16H15N5O2. The van der Waals surface area contributed by atoms with Crippen molar-refractivity contribution >= 4 is 23.3 Å². The van der Waals surface area contributed by atoms with Crippen molar-refractivity contribution in [2.24, 2.45) is 0 Å². The highest BCUT2D eigenvalue weighted by Gasteiger charge is 2.13. The third kappa shape index (κ3) is 5.13. The lowest BCUT2D eigenvalue weighted by molar-refractivity contribution is -0.136. The van der Waals surface area contributed by atoms with E-state index in [4.69, 9.17) is 5.26 Å². The molecule has 0 atom stereocenters. The Morgan fingerprint density at radius 2 is 1.96 bits per heavy atom. The fourth-order valence-electron chi connectivity index (χ4n) is 1.77. The van der Waals surface area contributed by atoms with E-state index in [-0.39, 0.29) is 6.54 Å². The summed E-state index contributed by atoms with van der Waals surface area (Å²) in [6.07, 6.45) is 1.66. The molecule has 1 heterocycles. The van der Waals surface area contributed by atoms with Gasteiger partial charge in [0, 0.05) is 25.0 Å². The van der Waals surface area contributed by atoms with Crippen LogP contribution in [-0.2, 0) is 9.59 Å². The largest absolute Gasteiger partial charge is 0.368 e. The summed E-state index contributed by atoms with van der Waals surface area (Å²) in [5.41, 5.74) is 0.804. The zero-order valence-corrected chi connectivity index (χ0v) is 12.2. The zero-order valence-electron chi connectivity index (χ0n) is 12.2. The van der Waals surface area contributed by atoms with Gasteiger partial charge in [-0.1, -0.05) is 12.1 Å². The summed E-state index contributed by atoms with van der Waals surface area (Å²) in [5.74, 6) is -0.826. The van der Waals surface area contributed by atoms with Crippen LogP contribution >= 0.6 is 0 Å². The summed E-state index contributed by atoms with van der Waals surface area (Å²) in [6, 6.07) is 13.7. The Kier molecular flexibility index (Phi) is 5.66. The second kappa shape index (κ2) is 8.14. The Morgan fingerprint density at radius 1 is 1.09 bits per heavy atom. The number of anilines is 2. The lowest BCUT2D eigenvalue weighted by Crippen LogP contribution is -2.37. The van der Waals surface area contributed by atoms with Crippen LogP contribution in [0.2, 0.25) is 0 Å². The van der Waals surface area contributed by atoms with E-state index in [0.29, 0.717) is 23.6 Å². The fraction of sp³-hybridized carbons (Fsp3) is 0.125. The molecule has 1 aromatic carbocycles. The minimum Gasteiger partial charge on any atom is -0.368 e. The number of nitrogens with one attached hydrogen (secondary N) is 3. The van der Waals surface area contributed by atoms with Crippen LogP contribution in [0.15, 0.2) is 48.7 Å². The SMILES string of the molecule is N#Cc1cccc(NC(=O)C(=O)NCCNc2ccccn2)c1. The number of pyridine rings is 1. The highest BCUT2D eigenvalue weighted by atomic mass is 16.2. The molecule has 1 aromatic heterocycles. The number of hydrogen-bond acceptors (Lipinski definition) is 5. The average Bonchev–Trinajstić information content (AvgIpc) is 2.59. The molecular weight excluding hydrogens is 294 g/mol. The maximum Gasteiger partial charge on any atom is 0.313 e. The quantitative estimate of drug-likeness (QED) is 0.567. The van der Waals surface area contributed by atoms with Crippen LogP contribution < -0.4 is 16.0 Å². The van der Waals surface area contributed by atoms with E-state index in [1.807, 2.05) is 12.1 Å². The molecule has 0 aliphatic heterocycles. The first-order chi connectivity index (χ1) is 11.2. The van der Waals surface area contributed by atoms with Gasteiger partial charge in [-0.25, -0.2) is 4.98 Å². The van der Waals surface area contributed by atoms with Gasteiger partial charge in [0.15, 0.2) is 0 Å². The Balaban J connectivity index is 1.74. The number of carbonyl (C=O) groups excluding carboxylic acids is 2. The van der Waals surface area contributed by atoms with Gasteiger partial charge < -0.3 is 16.0 Å². The van der Waals surface area contributed by atoms with Crippen LogP contribution in [0.3, 0.4) is 0 Å². The fourth-order valence-corrected chi connectivity index (χ4v) is 1.77. The number of nitriles is 1. The van der Waals surface area contributed by atoms with Crippen LogP contribution in [0.4, 0.5) is 11.5 Å². The molecule has 2 aromatic rings. The van der Waals surface area contributed by atoms with Crippen molar-refractivity contribution in [3.8, 4) is 6.07 Å². The second-order valence-corrected chi connectivity index (χ2v) is 4.54. The lowest BCUT2D eigenvalue weighted by atomic mass is 10.2. The Morgan fingerprint density at radius 3 is 2.70 bits per heavy atom. The van der Waals surface area contributed by atoms with Crippen molar-refractivity contribution in [1.82, 2.24) is 10.3 Å². The first-order valence-corrected chi connectivity index (χ1v) is 6.93. The van der Waals surface area contributed by atoms with Gasteiger partial charge >= 0.3 is 11.8 Å². The van der Waals surface area contributed by atoms with Crippen molar-refractivity contribution < 1.29 is 9.59 Å². The number of carbonyl (C=O) groups is 2. The lowest BCUT2D eigenvalue weighted by Gasteiger charge is -2.08. The van der Waals surface area contributed by atoms with Crippen LogP contribution in [0.25, 0.3) is 0 Å².